The van der Waals surface area contributed by atoms with Crippen molar-refractivity contribution in [2.75, 3.05) is 5.32 Å². The Hall–Kier alpha value is -3.29. The molecule has 0 aromatic heterocycles. The molecule has 0 aliphatic rings. The lowest BCUT2D eigenvalue weighted by atomic mass is 10.1. The van der Waals surface area contributed by atoms with Gasteiger partial charge in [0.05, 0.1) is 10.5 Å². The second-order valence-electron chi connectivity index (χ2n) is 5.78. The maximum Gasteiger partial charge on any atom is 0.339 e. The lowest BCUT2D eigenvalue weighted by Crippen LogP contribution is -2.30. The van der Waals surface area contributed by atoms with Gasteiger partial charge < -0.3 is 10.1 Å². The summed E-state index contributed by atoms with van der Waals surface area (Å²) in [5, 5.41) is 13.1. The summed E-state index contributed by atoms with van der Waals surface area (Å²) in [5.41, 5.74) is 1.20. The molecule has 7 nitrogen and oxygen atoms in total. The van der Waals surface area contributed by atoms with Crippen LogP contribution in [-0.4, -0.2) is 22.9 Å². The topological polar surface area (TPSA) is 98.5 Å². The normalized spacial score (nSPS) is 11.5. The van der Waals surface area contributed by atoms with Crippen LogP contribution >= 0.6 is 0 Å². The summed E-state index contributed by atoms with van der Waals surface area (Å²) in [6.45, 7) is 4.95. The summed E-state index contributed by atoms with van der Waals surface area (Å²) in [6, 6.07) is 8.23. The van der Waals surface area contributed by atoms with E-state index >= 15 is 0 Å². The van der Waals surface area contributed by atoms with E-state index in [1.54, 1.807) is 19.1 Å². The Morgan fingerprint density at radius 2 is 1.88 bits per heavy atom. The maximum atomic E-state index is 13.3. The first-order valence-corrected chi connectivity index (χ1v) is 7.72. The summed E-state index contributed by atoms with van der Waals surface area (Å²) in [4.78, 5) is 34.2. The molecule has 8 heteroatoms. The molecule has 0 spiro atoms. The molecule has 2 aromatic rings. The third-order valence-corrected chi connectivity index (χ3v) is 3.68. The van der Waals surface area contributed by atoms with E-state index in [0.29, 0.717) is 11.1 Å². The number of ether oxygens (including phenoxy) is 1. The quantitative estimate of drug-likeness (QED) is 0.500. The van der Waals surface area contributed by atoms with E-state index in [0.717, 1.165) is 17.7 Å². The van der Waals surface area contributed by atoms with Gasteiger partial charge in [0, 0.05) is 11.8 Å². The molecule has 1 N–H and O–H groups in total. The Morgan fingerprint density at radius 1 is 1.19 bits per heavy atom. The minimum absolute atomic E-state index is 0.0257. The molecule has 136 valence electrons. The number of aryl methyl sites for hydroxylation is 2. The van der Waals surface area contributed by atoms with Crippen LogP contribution in [0.5, 0.6) is 0 Å². The van der Waals surface area contributed by atoms with Crippen LogP contribution in [0.25, 0.3) is 0 Å². The number of esters is 1. The number of halogens is 1. The van der Waals surface area contributed by atoms with Crippen LogP contribution in [-0.2, 0) is 9.53 Å². The van der Waals surface area contributed by atoms with Crippen molar-refractivity contribution in [3.63, 3.8) is 0 Å². The Kier molecular flexibility index (Phi) is 5.66. The summed E-state index contributed by atoms with van der Waals surface area (Å²) in [6.07, 6.45) is -1.15. The van der Waals surface area contributed by atoms with E-state index in [9.17, 15) is 24.1 Å². The maximum absolute atomic E-state index is 13.3. The van der Waals surface area contributed by atoms with E-state index in [2.05, 4.69) is 5.32 Å². The van der Waals surface area contributed by atoms with Crippen molar-refractivity contribution in [2.24, 2.45) is 0 Å². The molecule has 26 heavy (non-hydrogen) atoms. The fourth-order valence-electron chi connectivity index (χ4n) is 2.21. The zero-order valence-electron chi connectivity index (χ0n) is 14.4. The molecule has 1 amide bonds. The highest BCUT2D eigenvalue weighted by atomic mass is 19.1. The summed E-state index contributed by atoms with van der Waals surface area (Å²) < 4.78 is 18.5. The Bertz CT molecular complexity index is 882. The van der Waals surface area contributed by atoms with Gasteiger partial charge in [0.25, 0.3) is 5.91 Å². The van der Waals surface area contributed by atoms with Gasteiger partial charge in [-0.25, -0.2) is 4.79 Å². The van der Waals surface area contributed by atoms with Crippen LogP contribution in [0, 0.1) is 29.8 Å². The van der Waals surface area contributed by atoms with Crippen molar-refractivity contribution in [3.8, 4) is 0 Å². The van der Waals surface area contributed by atoms with Gasteiger partial charge in [-0.3, -0.25) is 14.9 Å². The monoisotopic (exact) mass is 360 g/mol. The zero-order valence-corrected chi connectivity index (χ0v) is 14.4. The molecule has 1 unspecified atom stereocenters. The number of nitrogens with one attached hydrogen (secondary N) is 1. The molecular formula is C18H17FN2O5. The van der Waals surface area contributed by atoms with Gasteiger partial charge in [-0.15, -0.1) is 0 Å². The van der Waals surface area contributed by atoms with Crippen LogP contribution in [0.2, 0.25) is 0 Å². The zero-order chi connectivity index (χ0) is 19.4. The molecule has 0 aliphatic heterocycles. The van der Waals surface area contributed by atoms with E-state index in [1.807, 2.05) is 13.0 Å². The number of rotatable bonds is 5. The second-order valence-corrected chi connectivity index (χ2v) is 5.78. The van der Waals surface area contributed by atoms with Gasteiger partial charge in [0.15, 0.2) is 6.10 Å². The van der Waals surface area contributed by atoms with Crippen molar-refractivity contribution in [1.29, 1.82) is 0 Å². The predicted octanol–water partition coefficient (Wildman–Crippen LogP) is 3.53. The average Bonchev–Trinajstić information content (AvgIpc) is 2.58. The number of benzene rings is 2. The molecule has 0 saturated heterocycles. The molecule has 0 aliphatic carbocycles. The highest BCUT2D eigenvalue weighted by molar-refractivity contribution is 5.98. The third-order valence-electron chi connectivity index (χ3n) is 3.68. The highest BCUT2D eigenvalue weighted by Gasteiger charge is 2.22. The lowest BCUT2D eigenvalue weighted by molar-refractivity contribution is -0.387. The molecule has 0 bridgehead atoms. The van der Waals surface area contributed by atoms with Crippen LogP contribution in [0.1, 0.15) is 28.4 Å². The first-order valence-electron chi connectivity index (χ1n) is 7.72. The van der Waals surface area contributed by atoms with Crippen LogP contribution in [0.15, 0.2) is 36.4 Å². The molecule has 0 fully saturated rings. The van der Waals surface area contributed by atoms with E-state index in [4.69, 9.17) is 4.74 Å². The number of anilines is 1. The minimum atomic E-state index is -1.15. The number of carbonyl (C=O) groups is 2. The first kappa shape index (κ1) is 19.0. The van der Waals surface area contributed by atoms with E-state index < -0.39 is 34.4 Å². The summed E-state index contributed by atoms with van der Waals surface area (Å²) in [5.74, 6) is -2.36. The van der Waals surface area contributed by atoms with E-state index in [1.165, 1.54) is 13.0 Å². The Morgan fingerprint density at radius 3 is 2.54 bits per heavy atom. The smallest absolute Gasteiger partial charge is 0.339 e. The third kappa shape index (κ3) is 4.41. The van der Waals surface area contributed by atoms with Crippen molar-refractivity contribution in [3.05, 3.63) is 69.0 Å². The fraction of sp³-hybridized carbons (Fsp3) is 0.222. The second kappa shape index (κ2) is 7.73. The number of amides is 1. The molecule has 2 aromatic carbocycles. The Labute approximate surface area is 148 Å². The standard InChI is InChI=1S/C18H17FN2O5/c1-10-4-5-11(2)14(8-10)18(23)26-12(3)17(22)20-13-6-7-15(19)16(9-13)21(24)25/h4-9,12H,1-3H3,(H,20,22). The van der Waals surface area contributed by atoms with Crippen molar-refractivity contribution in [2.45, 2.75) is 26.9 Å². The number of nitro benzene ring substituents is 1. The Balaban J connectivity index is 2.08. The van der Waals surface area contributed by atoms with Gasteiger partial charge in [-0.2, -0.15) is 4.39 Å². The molecule has 2 rings (SSSR count). The van der Waals surface area contributed by atoms with Gasteiger partial charge in [0.1, 0.15) is 0 Å². The number of nitro groups is 1. The van der Waals surface area contributed by atoms with Crippen molar-refractivity contribution >= 4 is 23.3 Å². The summed E-state index contributed by atoms with van der Waals surface area (Å²) in [7, 11) is 0. The number of hydrogen-bond donors (Lipinski definition) is 1. The largest absolute Gasteiger partial charge is 0.449 e. The fourth-order valence-corrected chi connectivity index (χ4v) is 2.21. The first-order chi connectivity index (χ1) is 12.2. The molecular weight excluding hydrogens is 343 g/mol. The van der Waals surface area contributed by atoms with Gasteiger partial charge >= 0.3 is 11.7 Å². The molecule has 1 atom stereocenters. The number of hydrogen-bond acceptors (Lipinski definition) is 5. The van der Waals surface area contributed by atoms with Crippen LogP contribution < -0.4 is 5.32 Å². The predicted molar refractivity (Wildman–Crippen MR) is 92.5 cm³/mol. The van der Waals surface area contributed by atoms with E-state index in [-0.39, 0.29) is 5.69 Å². The lowest BCUT2D eigenvalue weighted by Gasteiger charge is -2.14. The minimum Gasteiger partial charge on any atom is -0.449 e. The van der Waals surface area contributed by atoms with Gasteiger partial charge in [0.2, 0.25) is 5.82 Å². The molecule has 0 saturated carbocycles. The SMILES string of the molecule is Cc1ccc(C)c(C(=O)OC(C)C(=O)Nc2ccc(F)c([N+](=O)[O-])c2)c1. The van der Waals surface area contributed by atoms with Crippen molar-refractivity contribution < 1.29 is 23.6 Å². The number of nitrogens with zero attached hydrogens (tertiary/aromatic N) is 1. The van der Waals surface area contributed by atoms with Gasteiger partial charge in [-0.1, -0.05) is 17.7 Å². The van der Waals surface area contributed by atoms with Crippen LogP contribution in [0.4, 0.5) is 15.8 Å². The summed E-state index contributed by atoms with van der Waals surface area (Å²) >= 11 is 0. The molecule has 0 radical (unpaired) electrons. The number of carbonyl (C=O) groups excluding carboxylic acids is 2. The van der Waals surface area contributed by atoms with Gasteiger partial charge in [-0.05, 0) is 44.5 Å². The highest BCUT2D eigenvalue weighted by Crippen LogP contribution is 2.22. The van der Waals surface area contributed by atoms with Crippen LogP contribution in [0.3, 0.4) is 0 Å². The molecule has 0 heterocycles. The average molecular weight is 360 g/mol. The van der Waals surface area contributed by atoms with Crippen molar-refractivity contribution in [1.82, 2.24) is 0 Å².